The molecule has 0 spiro atoms. The number of esters is 2. The van der Waals surface area contributed by atoms with E-state index in [0.29, 0.717) is 5.52 Å². The summed E-state index contributed by atoms with van der Waals surface area (Å²) in [6.07, 6.45) is 3.51. The molecule has 0 N–H and O–H groups in total. The van der Waals surface area contributed by atoms with Crippen molar-refractivity contribution in [1.29, 1.82) is 0 Å². The van der Waals surface area contributed by atoms with Crippen molar-refractivity contribution in [2.45, 2.75) is 26.7 Å². The number of aryl methyl sites for hydroxylation is 1. The Kier molecular flexibility index (Phi) is 7.41. The van der Waals surface area contributed by atoms with E-state index >= 15 is 0 Å². The molecule has 0 saturated heterocycles. The predicted octanol–water partition coefficient (Wildman–Crippen LogP) is 3.60. The zero-order valence-corrected chi connectivity index (χ0v) is 19.3. The molecule has 0 unspecified atom stereocenters. The Balaban J connectivity index is 1.73. The van der Waals surface area contributed by atoms with Crippen LogP contribution in [0.5, 0.6) is 11.5 Å². The highest BCUT2D eigenvalue weighted by Gasteiger charge is 2.22. The van der Waals surface area contributed by atoms with E-state index in [1.165, 1.54) is 11.9 Å². The van der Waals surface area contributed by atoms with Gasteiger partial charge in [-0.2, -0.15) is 0 Å². The molecule has 9 nitrogen and oxygen atoms in total. The Morgan fingerprint density at radius 2 is 1.62 bits per heavy atom. The lowest BCUT2D eigenvalue weighted by atomic mass is 10.0. The van der Waals surface area contributed by atoms with E-state index in [4.69, 9.17) is 18.9 Å². The van der Waals surface area contributed by atoms with Crippen LogP contribution in [0, 0.1) is 0 Å². The number of hydrogen-bond acceptors (Lipinski definition) is 9. The quantitative estimate of drug-likeness (QED) is 0.439. The summed E-state index contributed by atoms with van der Waals surface area (Å²) in [5.41, 5.74) is 2.98. The maximum absolute atomic E-state index is 11.9. The minimum atomic E-state index is -0.507. The number of fused-ring (bicyclic) bond motifs is 2. The van der Waals surface area contributed by atoms with Gasteiger partial charge >= 0.3 is 11.9 Å². The number of aromatic nitrogens is 2. The summed E-state index contributed by atoms with van der Waals surface area (Å²) in [6.45, 7) is 4.15. The zero-order valence-electron chi connectivity index (χ0n) is 19.3. The molecule has 1 aliphatic heterocycles. The van der Waals surface area contributed by atoms with Crippen molar-refractivity contribution in [2.75, 3.05) is 37.9 Å². The molecule has 0 atom stereocenters. The molecule has 0 aliphatic carbocycles. The van der Waals surface area contributed by atoms with Crippen molar-refractivity contribution in [2.24, 2.45) is 0 Å². The summed E-state index contributed by atoms with van der Waals surface area (Å²) < 4.78 is 21.3. The summed E-state index contributed by atoms with van der Waals surface area (Å²) in [7, 11) is 0. The van der Waals surface area contributed by atoms with E-state index in [1.54, 1.807) is 26.0 Å². The van der Waals surface area contributed by atoms with Gasteiger partial charge in [0.05, 0.1) is 18.7 Å². The Morgan fingerprint density at radius 1 is 0.941 bits per heavy atom. The molecule has 0 fully saturated rings. The minimum Gasteiger partial charge on any atom is -0.478 e. The second-order valence-corrected chi connectivity index (χ2v) is 7.58. The van der Waals surface area contributed by atoms with Gasteiger partial charge < -0.3 is 23.8 Å². The molecule has 2 aromatic carbocycles. The third kappa shape index (κ3) is 5.19. The lowest BCUT2D eigenvalue weighted by Gasteiger charge is -2.31. The Bertz CT molecular complexity index is 1180. The van der Waals surface area contributed by atoms with Gasteiger partial charge in [-0.1, -0.05) is 18.2 Å². The Morgan fingerprint density at radius 3 is 2.32 bits per heavy atom. The number of carbonyl (C=O) groups is 2. The highest BCUT2D eigenvalue weighted by Crippen LogP contribution is 2.39. The van der Waals surface area contributed by atoms with Gasteiger partial charge in [0.25, 0.3) is 0 Å². The molecule has 0 saturated carbocycles. The van der Waals surface area contributed by atoms with Gasteiger partial charge in [0.2, 0.25) is 0 Å². The molecule has 3 aromatic rings. The van der Waals surface area contributed by atoms with E-state index in [0.717, 1.165) is 36.3 Å². The van der Waals surface area contributed by atoms with Gasteiger partial charge in [0.15, 0.2) is 24.7 Å². The molecule has 34 heavy (non-hydrogen) atoms. The smallest absolute Gasteiger partial charge is 0.344 e. The molecule has 1 aromatic heterocycles. The maximum atomic E-state index is 11.9. The van der Waals surface area contributed by atoms with Gasteiger partial charge in [-0.15, -0.1) is 0 Å². The fourth-order valence-electron chi connectivity index (χ4n) is 3.92. The van der Waals surface area contributed by atoms with Crippen LogP contribution in [0.4, 0.5) is 11.5 Å². The monoisotopic (exact) mass is 465 g/mol. The lowest BCUT2D eigenvalue weighted by molar-refractivity contribution is -0.146. The average molecular weight is 466 g/mol. The van der Waals surface area contributed by atoms with Crippen LogP contribution < -0.4 is 14.4 Å². The Labute approximate surface area is 197 Å². The summed E-state index contributed by atoms with van der Waals surface area (Å²) in [5.74, 6) is 0.274. The highest BCUT2D eigenvalue weighted by atomic mass is 16.6. The van der Waals surface area contributed by atoms with Crippen LogP contribution >= 0.6 is 0 Å². The second-order valence-electron chi connectivity index (χ2n) is 7.58. The number of para-hydroxylation sites is 1. The fraction of sp³-hybridized carbons (Fsp3) is 0.360. The topological polar surface area (TPSA) is 100 Å². The van der Waals surface area contributed by atoms with Crippen LogP contribution in [-0.4, -0.2) is 54.9 Å². The van der Waals surface area contributed by atoms with Crippen LogP contribution in [0.3, 0.4) is 0 Å². The second kappa shape index (κ2) is 10.8. The van der Waals surface area contributed by atoms with Crippen molar-refractivity contribution < 1.29 is 28.5 Å². The number of benzene rings is 2. The molecule has 0 radical (unpaired) electrons. The van der Waals surface area contributed by atoms with Crippen molar-refractivity contribution >= 4 is 34.3 Å². The van der Waals surface area contributed by atoms with Crippen LogP contribution in [0.25, 0.3) is 10.9 Å². The van der Waals surface area contributed by atoms with Crippen molar-refractivity contribution in [3.63, 3.8) is 0 Å². The van der Waals surface area contributed by atoms with E-state index < -0.39 is 11.9 Å². The lowest BCUT2D eigenvalue weighted by Crippen LogP contribution is -2.25. The first-order chi connectivity index (χ1) is 16.6. The molecule has 4 rings (SSSR count). The third-order valence-corrected chi connectivity index (χ3v) is 5.35. The minimum absolute atomic E-state index is 0.248. The van der Waals surface area contributed by atoms with Crippen molar-refractivity contribution in [3.8, 4) is 11.5 Å². The third-order valence-electron chi connectivity index (χ3n) is 5.35. The summed E-state index contributed by atoms with van der Waals surface area (Å²) in [6, 6.07) is 11.7. The Hall–Kier alpha value is -3.88. The summed E-state index contributed by atoms with van der Waals surface area (Å²) in [4.78, 5) is 34.9. The molecule has 2 heterocycles. The number of rotatable bonds is 9. The van der Waals surface area contributed by atoms with Gasteiger partial charge in [-0.25, -0.2) is 19.6 Å². The molecule has 178 valence electrons. The molecule has 1 aliphatic rings. The molecular weight excluding hydrogens is 438 g/mol. The number of hydrogen-bond donors (Lipinski definition) is 0. The van der Waals surface area contributed by atoms with Crippen LogP contribution in [0.2, 0.25) is 0 Å². The number of anilines is 2. The van der Waals surface area contributed by atoms with Gasteiger partial charge in [-0.05, 0) is 44.4 Å². The molecular formula is C25H27N3O6. The fourth-order valence-corrected chi connectivity index (χ4v) is 3.92. The van der Waals surface area contributed by atoms with Gasteiger partial charge in [0.1, 0.15) is 12.1 Å². The van der Waals surface area contributed by atoms with E-state index in [2.05, 4.69) is 27.0 Å². The molecule has 0 amide bonds. The van der Waals surface area contributed by atoms with E-state index in [1.807, 2.05) is 12.1 Å². The summed E-state index contributed by atoms with van der Waals surface area (Å²) >= 11 is 0. The van der Waals surface area contributed by atoms with E-state index in [9.17, 15) is 9.59 Å². The van der Waals surface area contributed by atoms with Crippen LogP contribution in [0.15, 0.2) is 42.7 Å². The number of carbonyl (C=O) groups excluding carboxylic acids is 2. The predicted molar refractivity (Wildman–Crippen MR) is 126 cm³/mol. The van der Waals surface area contributed by atoms with Crippen LogP contribution in [-0.2, 0) is 25.5 Å². The zero-order chi connectivity index (χ0) is 23.9. The highest BCUT2D eigenvalue weighted by molar-refractivity contribution is 5.94. The molecule has 9 heteroatoms. The normalized spacial score (nSPS) is 12.7. The SMILES string of the molecule is CCOC(=O)COc1cc2ncnc(N3CCCc4ccccc43)c2cc1OCC(=O)OCC. The first kappa shape index (κ1) is 23.3. The number of ether oxygens (including phenoxy) is 4. The van der Waals surface area contributed by atoms with E-state index in [-0.39, 0.29) is 37.9 Å². The molecule has 0 bridgehead atoms. The maximum Gasteiger partial charge on any atom is 0.344 e. The average Bonchev–Trinajstić information content (AvgIpc) is 2.85. The van der Waals surface area contributed by atoms with Gasteiger partial charge in [-0.3, -0.25) is 0 Å². The van der Waals surface area contributed by atoms with Crippen LogP contribution in [0.1, 0.15) is 25.8 Å². The first-order valence-corrected chi connectivity index (χ1v) is 11.3. The van der Waals surface area contributed by atoms with Gasteiger partial charge in [0, 0.05) is 23.7 Å². The summed E-state index contributed by atoms with van der Waals surface area (Å²) in [5, 5.41) is 0.738. The number of nitrogens with zero attached hydrogens (tertiary/aromatic N) is 3. The van der Waals surface area contributed by atoms with Crippen molar-refractivity contribution in [1.82, 2.24) is 9.97 Å². The largest absolute Gasteiger partial charge is 0.478 e. The van der Waals surface area contributed by atoms with Crippen molar-refractivity contribution in [3.05, 3.63) is 48.3 Å². The standard InChI is InChI=1S/C25H27N3O6/c1-3-31-23(29)14-33-21-12-18-19(13-22(21)34-15-24(30)32-4-2)26-16-27-25(18)28-11-7-9-17-8-5-6-10-20(17)28/h5-6,8,10,12-13,16H,3-4,7,9,11,14-15H2,1-2H3. The first-order valence-electron chi connectivity index (χ1n) is 11.3.